The maximum Gasteiger partial charge on any atom is 0.119 e. The molecule has 110 valence electrons. The van der Waals surface area contributed by atoms with Gasteiger partial charge < -0.3 is 4.74 Å². The van der Waals surface area contributed by atoms with Crippen LogP contribution in [-0.2, 0) is 12.8 Å². The molecule has 1 aromatic carbocycles. The molecule has 0 aliphatic heterocycles. The van der Waals surface area contributed by atoms with Crippen molar-refractivity contribution in [3.8, 4) is 11.8 Å². The quantitative estimate of drug-likeness (QED) is 0.800. The van der Waals surface area contributed by atoms with Crippen molar-refractivity contribution in [2.75, 3.05) is 6.61 Å². The van der Waals surface area contributed by atoms with Crippen molar-refractivity contribution in [3.63, 3.8) is 0 Å². The summed E-state index contributed by atoms with van der Waals surface area (Å²) in [7, 11) is 0. The Hall–Kier alpha value is -1.86. The van der Waals surface area contributed by atoms with Crippen molar-refractivity contribution in [1.29, 1.82) is 5.26 Å². The van der Waals surface area contributed by atoms with E-state index >= 15 is 0 Å². The van der Waals surface area contributed by atoms with Crippen molar-refractivity contribution < 1.29 is 4.74 Å². The Balaban J connectivity index is 1.86. The number of nitriles is 1. The summed E-state index contributed by atoms with van der Waals surface area (Å²) < 4.78 is 5.76. The molecule has 21 heavy (non-hydrogen) atoms. The number of hydrogen-bond donors (Lipinski definition) is 0. The van der Waals surface area contributed by atoms with E-state index in [0.29, 0.717) is 18.9 Å². The summed E-state index contributed by atoms with van der Waals surface area (Å²) in [5, 5.41) is 9.78. The van der Waals surface area contributed by atoms with E-state index in [0.717, 1.165) is 27.7 Å². The molecule has 3 nitrogen and oxygen atoms in total. The third-order valence-corrected chi connectivity index (χ3v) is 4.53. The molecule has 0 radical (unpaired) electrons. The van der Waals surface area contributed by atoms with Gasteiger partial charge in [0.1, 0.15) is 5.75 Å². The van der Waals surface area contributed by atoms with E-state index in [-0.39, 0.29) is 0 Å². The molecule has 0 amide bonds. The smallest absolute Gasteiger partial charge is 0.119 e. The number of aromatic nitrogens is 1. The molecule has 2 rings (SSSR count). The summed E-state index contributed by atoms with van der Waals surface area (Å²) in [6.45, 7) is 6.93. The molecule has 0 aliphatic carbocycles. The normalized spacial score (nSPS) is 10.6. The average molecular weight is 300 g/mol. The molecule has 1 aromatic heterocycles. The second-order valence-corrected chi connectivity index (χ2v) is 6.44. The Morgan fingerprint density at radius 1 is 1.29 bits per heavy atom. The highest BCUT2D eigenvalue weighted by Crippen LogP contribution is 2.21. The molecule has 0 saturated carbocycles. The first-order chi connectivity index (χ1) is 10.1. The molecule has 1 heterocycles. The maximum absolute atomic E-state index is 8.74. The topological polar surface area (TPSA) is 45.9 Å². The van der Waals surface area contributed by atoms with Gasteiger partial charge in [-0.1, -0.05) is 26.0 Å². The lowest BCUT2D eigenvalue weighted by molar-refractivity contribution is 0.321. The molecule has 0 saturated heterocycles. The van der Waals surface area contributed by atoms with Crippen molar-refractivity contribution in [2.24, 2.45) is 0 Å². The monoisotopic (exact) mass is 300 g/mol. The molecule has 0 bridgehead atoms. The zero-order chi connectivity index (χ0) is 15.2. The summed E-state index contributed by atoms with van der Waals surface area (Å²) in [6, 6.07) is 10.4. The van der Waals surface area contributed by atoms with Crippen LogP contribution in [0.15, 0.2) is 24.3 Å². The molecule has 0 fully saturated rings. The van der Waals surface area contributed by atoms with Crippen molar-refractivity contribution in [3.05, 3.63) is 45.4 Å². The third-order valence-electron chi connectivity index (χ3n) is 3.31. The third kappa shape index (κ3) is 4.30. The van der Waals surface area contributed by atoms with E-state index in [1.54, 1.807) is 11.3 Å². The van der Waals surface area contributed by atoms with Crippen LogP contribution in [0.3, 0.4) is 0 Å². The molecule has 0 spiro atoms. The average Bonchev–Trinajstić information content (AvgIpc) is 2.80. The molecular formula is C17H20N2OS. The largest absolute Gasteiger partial charge is 0.493 e. The van der Waals surface area contributed by atoms with Gasteiger partial charge in [-0.25, -0.2) is 4.98 Å². The van der Waals surface area contributed by atoms with Crippen LogP contribution < -0.4 is 4.74 Å². The molecule has 4 heteroatoms. The van der Waals surface area contributed by atoms with Gasteiger partial charge in [-0.3, -0.25) is 0 Å². The number of aryl methyl sites for hydroxylation is 1. The Kier molecular flexibility index (Phi) is 5.35. The predicted octanol–water partition coefficient (Wildman–Crippen LogP) is 4.26. The van der Waals surface area contributed by atoms with Crippen LogP contribution in [0.4, 0.5) is 0 Å². The van der Waals surface area contributed by atoms with Gasteiger partial charge >= 0.3 is 0 Å². The van der Waals surface area contributed by atoms with Crippen LogP contribution in [0.25, 0.3) is 0 Å². The summed E-state index contributed by atoms with van der Waals surface area (Å²) >= 11 is 1.61. The molecule has 0 N–H and O–H groups in total. The van der Waals surface area contributed by atoms with Gasteiger partial charge in [0.2, 0.25) is 0 Å². The van der Waals surface area contributed by atoms with E-state index in [1.165, 1.54) is 5.56 Å². The minimum absolute atomic E-state index is 0.445. The van der Waals surface area contributed by atoms with Crippen LogP contribution in [0, 0.1) is 18.3 Å². The summed E-state index contributed by atoms with van der Waals surface area (Å²) in [5.41, 5.74) is 2.29. The minimum Gasteiger partial charge on any atom is -0.493 e. The van der Waals surface area contributed by atoms with Gasteiger partial charge in [-0.05, 0) is 30.5 Å². The molecule has 0 unspecified atom stereocenters. The van der Waals surface area contributed by atoms with Gasteiger partial charge in [0, 0.05) is 11.3 Å². The highest BCUT2D eigenvalue weighted by molar-refractivity contribution is 7.11. The lowest BCUT2D eigenvalue weighted by Gasteiger charge is -2.08. The second kappa shape index (κ2) is 7.24. The first-order valence-corrected chi connectivity index (χ1v) is 7.96. The lowest BCUT2D eigenvalue weighted by Crippen LogP contribution is -2.01. The van der Waals surface area contributed by atoms with Gasteiger partial charge in [0.25, 0.3) is 0 Å². The van der Waals surface area contributed by atoms with Gasteiger partial charge in [-0.2, -0.15) is 5.26 Å². The first kappa shape index (κ1) is 15.5. The summed E-state index contributed by atoms with van der Waals surface area (Å²) in [6.07, 6.45) is 1.23. The Bertz CT molecular complexity index is 623. The highest BCUT2D eigenvalue weighted by Gasteiger charge is 2.07. The second-order valence-electron chi connectivity index (χ2n) is 5.27. The first-order valence-electron chi connectivity index (χ1n) is 7.15. The number of nitrogens with zero attached hydrogens (tertiary/aromatic N) is 2. The Morgan fingerprint density at radius 2 is 2.00 bits per heavy atom. The minimum atomic E-state index is 0.445. The lowest BCUT2D eigenvalue weighted by atomic mass is 10.0. The van der Waals surface area contributed by atoms with Gasteiger partial charge in [0.05, 0.1) is 29.8 Å². The van der Waals surface area contributed by atoms with Gasteiger partial charge in [0.15, 0.2) is 0 Å². The fraction of sp³-hybridized carbons (Fsp3) is 0.412. The summed E-state index contributed by atoms with van der Waals surface area (Å²) in [5.74, 6) is 1.43. The van der Waals surface area contributed by atoms with E-state index in [2.05, 4.69) is 37.0 Å². The van der Waals surface area contributed by atoms with Crippen LogP contribution in [-0.4, -0.2) is 11.6 Å². The SMILES string of the molecule is Cc1nc(CCOc2ccc(C(C)C)cc2)sc1CC#N. The van der Waals surface area contributed by atoms with Gasteiger partial charge in [-0.15, -0.1) is 11.3 Å². The van der Waals surface area contributed by atoms with Crippen molar-refractivity contribution in [2.45, 2.75) is 39.5 Å². The van der Waals surface area contributed by atoms with Crippen LogP contribution >= 0.6 is 11.3 Å². The molecular weight excluding hydrogens is 280 g/mol. The zero-order valence-corrected chi connectivity index (χ0v) is 13.5. The zero-order valence-electron chi connectivity index (χ0n) is 12.7. The molecule has 0 aliphatic rings. The van der Waals surface area contributed by atoms with E-state index < -0.39 is 0 Å². The molecule has 2 aromatic rings. The van der Waals surface area contributed by atoms with Crippen molar-refractivity contribution >= 4 is 11.3 Å². The number of rotatable bonds is 6. The summed E-state index contributed by atoms with van der Waals surface area (Å²) in [4.78, 5) is 5.55. The molecule has 0 atom stereocenters. The number of benzene rings is 1. The van der Waals surface area contributed by atoms with E-state index in [9.17, 15) is 0 Å². The fourth-order valence-electron chi connectivity index (χ4n) is 2.04. The maximum atomic E-state index is 8.74. The van der Waals surface area contributed by atoms with E-state index in [1.807, 2.05) is 19.1 Å². The Morgan fingerprint density at radius 3 is 2.62 bits per heavy atom. The Labute approximate surface area is 130 Å². The number of hydrogen-bond acceptors (Lipinski definition) is 4. The van der Waals surface area contributed by atoms with Crippen LogP contribution in [0.5, 0.6) is 5.75 Å². The van der Waals surface area contributed by atoms with Crippen molar-refractivity contribution in [1.82, 2.24) is 4.98 Å². The fourth-order valence-corrected chi connectivity index (χ4v) is 3.02. The highest BCUT2D eigenvalue weighted by atomic mass is 32.1. The standard InChI is InChI=1S/C17H20N2OS/c1-12(2)14-4-6-15(7-5-14)20-11-9-17-19-13(3)16(21-17)8-10-18/h4-7,12H,8-9,11H2,1-3H3. The number of ether oxygens (including phenoxy) is 1. The predicted molar refractivity (Wildman–Crippen MR) is 85.9 cm³/mol. The van der Waals surface area contributed by atoms with Crippen LogP contribution in [0.1, 0.15) is 40.9 Å². The number of thiazole rings is 1. The van der Waals surface area contributed by atoms with E-state index in [4.69, 9.17) is 10.00 Å². The van der Waals surface area contributed by atoms with Crippen LogP contribution in [0.2, 0.25) is 0 Å².